The number of imidazole rings is 1. The topological polar surface area (TPSA) is 70.1 Å². The van der Waals surface area contributed by atoms with Gasteiger partial charge < -0.3 is 15.0 Å². The van der Waals surface area contributed by atoms with Gasteiger partial charge in [0.15, 0.2) is 0 Å². The van der Waals surface area contributed by atoms with Gasteiger partial charge in [-0.25, -0.2) is 4.98 Å². The summed E-state index contributed by atoms with van der Waals surface area (Å²) >= 11 is 0. The number of esters is 1. The minimum Gasteiger partial charge on any atom is -0.466 e. The summed E-state index contributed by atoms with van der Waals surface area (Å²) < 4.78 is 6.81. The van der Waals surface area contributed by atoms with E-state index in [2.05, 4.69) is 4.98 Å². The van der Waals surface area contributed by atoms with Crippen molar-refractivity contribution in [1.29, 1.82) is 0 Å². The predicted octanol–water partition coefficient (Wildman–Crippen LogP) is 1.96. The molecule has 0 bridgehead atoms. The fraction of sp³-hybridized carbons (Fsp3) is 0.385. The molecular formula is C13H17N3O2. The van der Waals surface area contributed by atoms with Gasteiger partial charge in [0.05, 0.1) is 17.6 Å². The molecule has 5 nitrogen and oxygen atoms in total. The third kappa shape index (κ3) is 2.61. The Balaban J connectivity index is 2.03. The molecule has 0 aliphatic heterocycles. The SMILES string of the molecule is CCOC(=O)CCCn1c(N)nc2ccccc21. The van der Waals surface area contributed by atoms with Crippen LogP contribution in [-0.2, 0) is 16.1 Å². The van der Waals surface area contributed by atoms with Gasteiger partial charge in [-0.15, -0.1) is 0 Å². The lowest BCUT2D eigenvalue weighted by Crippen LogP contribution is -2.08. The van der Waals surface area contributed by atoms with Crippen molar-refractivity contribution in [2.75, 3.05) is 12.3 Å². The molecule has 0 aliphatic rings. The molecule has 18 heavy (non-hydrogen) atoms. The molecule has 2 rings (SSSR count). The lowest BCUT2D eigenvalue weighted by Gasteiger charge is -2.06. The molecule has 1 aromatic heterocycles. The van der Waals surface area contributed by atoms with Crippen LogP contribution in [0.1, 0.15) is 19.8 Å². The summed E-state index contributed by atoms with van der Waals surface area (Å²) in [5.74, 6) is 0.320. The first-order chi connectivity index (χ1) is 8.72. The van der Waals surface area contributed by atoms with Crippen molar-refractivity contribution in [3.63, 3.8) is 0 Å². The first kappa shape index (κ1) is 12.4. The number of para-hydroxylation sites is 2. The highest BCUT2D eigenvalue weighted by Crippen LogP contribution is 2.17. The van der Waals surface area contributed by atoms with Crippen LogP contribution in [0.15, 0.2) is 24.3 Å². The van der Waals surface area contributed by atoms with E-state index in [-0.39, 0.29) is 5.97 Å². The third-order valence-electron chi connectivity index (χ3n) is 2.75. The quantitative estimate of drug-likeness (QED) is 0.820. The fourth-order valence-electron chi connectivity index (χ4n) is 1.94. The molecule has 0 saturated heterocycles. The smallest absolute Gasteiger partial charge is 0.305 e. The summed E-state index contributed by atoms with van der Waals surface area (Å²) in [5.41, 5.74) is 7.74. The molecule has 2 N–H and O–H groups in total. The Kier molecular flexibility index (Phi) is 3.82. The number of carbonyl (C=O) groups excluding carboxylic acids is 1. The maximum absolute atomic E-state index is 11.2. The summed E-state index contributed by atoms with van der Waals surface area (Å²) in [6, 6.07) is 7.78. The van der Waals surface area contributed by atoms with Crippen LogP contribution in [0.4, 0.5) is 5.95 Å². The molecule has 0 aliphatic carbocycles. The molecule has 5 heteroatoms. The van der Waals surface area contributed by atoms with Crippen LogP contribution >= 0.6 is 0 Å². The molecule has 1 heterocycles. The average molecular weight is 247 g/mol. The minimum absolute atomic E-state index is 0.166. The fourth-order valence-corrected chi connectivity index (χ4v) is 1.94. The molecule has 96 valence electrons. The number of nitrogens with two attached hydrogens (primary N) is 1. The first-order valence-electron chi connectivity index (χ1n) is 6.08. The number of hydrogen-bond acceptors (Lipinski definition) is 4. The number of aromatic nitrogens is 2. The van der Waals surface area contributed by atoms with Gasteiger partial charge in [0.1, 0.15) is 0 Å². The molecule has 0 amide bonds. The number of anilines is 1. The van der Waals surface area contributed by atoms with Gasteiger partial charge in [0.2, 0.25) is 5.95 Å². The molecule has 1 aromatic carbocycles. The van der Waals surface area contributed by atoms with E-state index in [1.165, 1.54) is 0 Å². The number of fused-ring (bicyclic) bond motifs is 1. The van der Waals surface area contributed by atoms with Crippen LogP contribution in [0.2, 0.25) is 0 Å². The van der Waals surface area contributed by atoms with Crippen LogP contribution < -0.4 is 5.73 Å². The third-order valence-corrected chi connectivity index (χ3v) is 2.75. The van der Waals surface area contributed by atoms with E-state index in [4.69, 9.17) is 10.5 Å². The molecule has 0 fully saturated rings. The van der Waals surface area contributed by atoms with Crippen molar-refractivity contribution in [3.05, 3.63) is 24.3 Å². The van der Waals surface area contributed by atoms with Crippen molar-refractivity contribution in [2.24, 2.45) is 0 Å². The normalized spacial score (nSPS) is 10.7. The molecular weight excluding hydrogens is 230 g/mol. The Morgan fingerprint density at radius 3 is 3.00 bits per heavy atom. The molecule has 2 aromatic rings. The number of nitrogen functional groups attached to an aromatic ring is 1. The zero-order valence-corrected chi connectivity index (χ0v) is 10.4. The lowest BCUT2D eigenvalue weighted by molar-refractivity contribution is -0.143. The number of hydrogen-bond donors (Lipinski definition) is 1. The Hall–Kier alpha value is -2.04. The van der Waals surface area contributed by atoms with Crippen molar-refractivity contribution < 1.29 is 9.53 Å². The maximum atomic E-state index is 11.2. The lowest BCUT2D eigenvalue weighted by atomic mass is 10.3. The zero-order valence-electron chi connectivity index (χ0n) is 10.4. The van der Waals surface area contributed by atoms with Gasteiger partial charge in [-0.1, -0.05) is 12.1 Å². The summed E-state index contributed by atoms with van der Waals surface area (Å²) in [7, 11) is 0. The largest absolute Gasteiger partial charge is 0.466 e. The van der Waals surface area contributed by atoms with Gasteiger partial charge >= 0.3 is 5.97 Å². The van der Waals surface area contributed by atoms with Crippen LogP contribution in [0.3, 0.4) is 0 Å². The van der Waals surface area contributed by atoms with Crippen LogP contribution in [0.5, 0.6) is 0 Å². The minimum atomic E-state index is -0.166. The molecule has 0 unspecified atom stereocenters. The van der Waals surface area contributed by atoms with Crippen molar-refractivity contribution in [2.45, 2.75) is 26.3 Å². The number of ether oxygens (including phenoxy) is 1. The van der Waals surface area contributed by atoms with E-state index < -0.39 is 0 Å². The highest BCUT2D eigenvalue weighted by atomic mass is 16.5. The number of nitrogens with zero attached hydrogens (tertiary/aromatic N) is 2. The van der Waals surface area contributed by atoms with Gasteiger partial charge in [0, 0.05) is 13.0 Å². The van der Waals surface area contributed by atoms with Gasteiger partial charge in [-0.3, -0.25) is 4.79 Å². The van der Waals surface area contributed by atoms with Crippen molar-refractivity contribution >= 4 is 23.0 Å². The molecule has 0 saturated carbocycles. The summed E-state index contributed by atoms with van der Waals surface area (Å²) in [6.45, 7) is 2.90. The second-order valence-corrected chi connectivity index (χ2v) is 4.02. The number of carbonyl (C=O) groups is 1. The Morgan fingerprint density at radius 2 is 2.22 bits per heavy atom. The second-order valence-electron chi connectivity index (χ2n) is 4.02. The summed E-state index contributed by atoms with van der Waals surface area (Å²) in [5, 5.41) is 0. The second kappa shape index (κ2) is 5.53. The van der Waals surface area contributed by atoms with E-state index >= 15 is 0 Å². The monoisotopic (exact) mass is 247 g/mol. The first-order valence-corrected chi connectivity index (χ1v) is 6.08. The van der Waals surface area contributed by atoms with Gasteiger partial charge in [-0.2, -0.15) is 0 Å². The Labute approximate surface area is 106 Å². The molecule has 0 radical (unpaired) electrons. The van der Waals surface area contributed by atoms with E-state index in [0.717, 1.165) is 11.0 Å². The maximum Gasteiger partial charge on any atom is 0.305 e. The van der Waals surface area contributed by atoms with E-state index in [1.54, 1.807) is 6.92 Å². The molecule has 0 spiro atoms. The van der Waals surface area contributed by atoms with Crippen molar-refractivity contribution in [1.82, 2.24) is 9.55 Å². The van der Waals surface area contributed by atoms with Gasteiger partial charge in [-0.05, 0) is 25.5 Å². The van der Waals surface area contributed by atoms with Crippen molar-refractivity contribution in [3.8, 4) is 0 Å². The molecule has 0 atom stereocenters. The van der Waals surface area contributed by atoms with Crippen LogP contribution in [-0.4, -0.2) is 22.1 Å². The van der Waals surface area contributed by atoms with E-state index in [0.29, 0.717) is 31.9 Å². The zero-order chi connectivity index (χ0) is 13.0. The highest BCUT2D eigenvalue weighted by Gasteiger charge is 2.08. The van der Waals surface area contributed by atoms with Crippen LogP contribution in [0.25, 0.3) is 11.0 Å². The number of aryl methyl sites for hydroxylation is 1. The highest BCUT2D eigenvalue weighted by molar-refractivity contribution is 5.78. The average Bonchev–Trinajstić information content (AvgIpc) is 2.66. The van der Waals surface area contributed by atoms with E-state index in [1.807, 2.05) is 28.8 Å². The summed E-state index contributed by atoms with van der Waals surface area (Å²) in [6.07, 6.45) is 1.10. The Morgan fingerprint density at radius 1 is 1.44 bits per heavy atom. The standard InChI is InChI=1S/C13H17N3O2/c1-2-18-12(17)8-5-9-16-11-7-4-3-6-10(11)15-13(16)14/h3-4,6-7H,2,5,8-9H2,1H3,(H2,14,15). The Bertz CT molecular complexity index is 548. The predicted molar refractivity (Wildman–Crippen MR) is 70.0 cm³/mol. The number of benzene rings is 1. The summed E-state index contributed by atoms with van der Waals surface area (Å²) in [4.78, 5) is 15.5. The van der Waals surface area contributed by atoms with E-state index in [9.17, 15) is 4.79 Å². The number of rotatable bonds is 5. The van der Waals surface area contributed by atoms with Gasteiger partial charge in [0.25, 0.3) is 0 Å². The van der Waals surface area contributed by atoms with Crippen LogP contribution in [0, 0.1) is 0 Å².